The highest BCUT2D eigenvalue weighted by molar-refractivity contribution is 6.09. The Morgan fingerprint density at radius 2 is 1.63 bits per heavy atom. The van der Waals surface area contributed by atoms with Gasteiger partial charge in [-0.25, -0.2) is 22.2 Å². The molecule has 1 fully saturated rings. The van der Waals surface area contributed by atoms with Gasteiger partial charge in [0.1, 0.15) is 22.7 Å². The molecule has 0 saturated carbocycles. The quantitative estimate of drug-likeness (QED) is 0.303. The first kappa shape index (κ1) is 25.3. The number of benzene rings is 2. The van der Waals surface area contributed by atoms with Crippen LogP contribution in [0.3, 0.4) is 0 Å². The predicted octanol–water partition coefficient (Wildman–Crippen LogP) is 3.80. The van der Waals surface area contributed by atoms with Crippen molar-refractivity contribution in [2.24, 2.45) is 0 Å². The number of hydrogen-bond acceptors (Lipinski definition) is 5. The van der Waals surface area contributed by atoms with Gasteiger partial charge in [-0.2, -0.15) is 0 Å². The minimum Gasteiger partial charge on any atom is -0.497 e. The molecule has 3 heterocycles. The number of amides is 1. The summed E-state index contributed by atoms with van der Waals surface area (Å²) in [6.45, 7) is 0.379. The number of anilines is 2. The maximum absolute atomic E-state index is 14.9. The molecule has 0 radical (unpaired) electrons. The Bertz CT molecular complexity index is 1550. The van der Waals surface area contributed by atoms with Gasteiger partial charge in [0.25, 0.3) is 11.5 Å². The molecular formula is C26H22F4N4O4. The van der Waals surface area contributed by atoms with Gasteiger partial charge in [-0.05, 0) is 29.8 Å². The van der Waals surface area contributed by atoms with Crippen LogP contribution in [0.2, 0.25) is 0 Å². The Morgan fingerprint density at radius 1 is 0.974 bits per heavy atom. The van der Waals surface area contributed by atoms with E-state index < -0.39 is 51.7 Å². The summed E-state index contributed by atoms with van der Waals surface area (Å²) in [6, 6.07) is 11.6. The second kappa shape index (κ2) is 10.2. The maximum atomic E-state index is 14.9. The number of carbonyl (C=O) groups excluding carboxylic acids is 1. The number of halogens is 4. The Hall–Kier alpha value is -4.32. The fourth-order valence-corrected chi connectivity index (χ4v) is 4.42. The smallest absolute Gasteiger partial charge is 0.280 e. The van der Waals surface area contributed by atoms with E-state index in [1.807, 2.05) is 5.32 Å². The van der Waals surface area contributed by atoms with Crippen LogP contribution in [-0.2, 0) is 11.3 Å². The van der Waals surface area contributed by atoms with E-state index in [2.05, 4.69) is 0 Å². The number of rotatable bonds is 6. The zero-order valence-corrected chi connectivity index (χ0v) is 20.1. The maximum Gasteiger partial charge on any atom is 0.280 e. The number of hydrogen-bond donors (Lipinski definition) is 1. The Balaban J connectivity index is 1.52. The fourth-order valence-electron chi connectivity index (χ4n) is 4.42. The van der Waals surface area contributed by atoms with Crippen LogP contribution in [0.4, 0.5) is 28.9 Å². The first-order valence-electron chi connectivity index (χ1n) is 11.6. The van der Waals surface area contributed by atoms with E-state index in [0.29, 0.717) is 11.3 Å². The summed E-state index contributed by atoms with van der Waals surface area (Å²) >= 11 is 0. The van der Waals surface area contributed by atoms with E-state index >= 15 is 0 Å². The molecule has 1 amide bonds. The first-order chi connectivity index (χ1) is 18.3. The predicted molar refractivity (Wildman–Crippen MR) is 131 cm³/mol. The first-order valence-corrected chi connectivity index (χ1v) is 11.6. The molecule has 2 aromatic carbocycles. The molecule has 0 unspecified atom stereocenters. The van der Waals surface area contributed by atoms with Gasteiger partial charge in [0.05, 0.1) is 32.4 Å². The molecule has 1 aliphatic rings. The van der Waals surface area contributed by atoms with Crippen molar-refractivity contribution >= 4 is 22.8 Å². The lowest BCUT2D eigenvalue weighted by Crippen LogP contribution is -2.38. The largest absolute Gasteiger partial charge is 0.497 e. The van der Waals surface area contributed by atoms with Crippen LogP contribution in [0, 0.1) is 23.3 Å². The zero-order chi connectivity index (χ0) is 27.0. The number of ether oxygens (including phenoxy) is 2. The van der Waals surface area contributed by atoms with Crippen LogP contribution >= 0.6 is 0 Å². The number of fused-ring (bicyclic) bond motifs is 1. The third-order valence-corrected chi connectivity index (χ3v) is 6.33. The normalized spacial score (nSPS) is 13.7. The van der Waals surface area contributed by atoms with E-state index in [4.69, 9.17) is 9.47 Å². The minimum atomic E-state index is -1.78. The van der Waals surface area contributed by atoms with Crippen LogP contribution in [-0.4, -0.2) is 48.5 Å². The Morgan fingerprint density at radius 3 is 2.26 bits per heavy atom. The summed E-state index contributed by atoms with van der Waals surface area (Å²) < 4.78 is 72.6. The molecule has 1 saturated heterocycles. The fraction of sp³-hybridized carbons (Fsp3) is 0.231. The van der Waals surface area contributed by atoms with Crippen molar-refractivity contribution < 1.29 is 31.8 Å². The Labute approximate surface area is 213 Å². The molecule has 198 valence electrons. The van der Waals surface area contributed by atoms with E-state index in [1.165, 1.54) is 28.6 Å². The van der Waals surface area contributed by atoms with Crippen molar-refractivity contribution in [3.63, 3.8) is 0 Å². The number of aromatic nitrogens is 2. The lowest BCUT2D eigenvalue weighted by molar-refractivity contribution is 0.102. The van der Waals surface area contributed by atoms with Gasteiger partial charge in [0.15, 0.2) is 23.3 Å². The van der Waals surface area contributed by atoms with Crippen molar-refractivity contribution in [3.05, 3.63) is 93.4 Å². The van der Waals surface area contributed by atoms with Gasteiger partial charge >= 0.3 is 0 Å². The molecule has 1 N–H and O–H groups in total. The lowest BCUT2D eigenvalue weighted by atomic mass is 10.1. The highest BCUT2D eigenvalue weighted by atomic mass is 19.2. The van der Waals surface area contributed by atoms with Gasteiger partial charge in [0, 0.05) is 19.3 Å². The SMILES string of the molecule is COc1ccc(Cn2c(=O)c(C(=O)Nc3c(F)c(F)c(N4CCOCC4)c(F)c3F)c3ccccn32)cc1. The highest BCUT2D eigenvalue weighted by Crippen LogP contribution is 2.34. The van der Waals surface area contributed by atoms with E-state index in [9.17, 15) is 27.2 Å². The molecule has 4 aromatic rings. The van der Waals surface area contributed by atoms with Gasteiger partial charge in [-0.15, -0.1) is 0 Å². The molecule has 1 aliphatic heterocycles. The van der Waals surface area contributed by atoms with Crippen molar-refractivity contribution in [1.29, 1.82) is 0 Å². The highest BCUT2D eigenvalue weighted by Gasteiger charge is 2.31. The number of pyridine rings is 1. The van der Waals surface area contributed by atoms with Gasteiger partial charge in [-0.1, -0.05) is 18.2 Å². The molecule has 12 heteroatoms. The number of carbonyl (C=O) groups is 1. The van der Waals surface area contributed by atoms with Gasteiger partial charge in [-0.3, -0.25) is 14.1 Å². The average Bonchev–Trinajstić information content (AvgIpc) is 3.22. The Kier molecular flexibility index (Phi) is 6.81. The summed E-state index contributed by atoms with van der Waals surface area (Å²) in [5.74, 6) is -7.46. The molecule has 0 spiro atoms. The topological polar surface area (TPSA) is 77.2 Å². The second-order valence-electron chi connectivity index (χ2n) is 8.55. The number of methoxy groups -OCH3 is 1. The van der Waals surface area contributed by atoms with Crippen LogP contribution in [0.5, 0.6) is 5.75 Å². The van der Waals surface area contributed by atoms with E-state index in [-0.39, 0.29) is 38.4 Å². The second-order valence-corrected chi connectivity index (χ2v) is 8.55. The van der Waals surface area contributed by atoms with Gasteiger partial charge in [0.2, 0.25) is 0 Å². The molecule has 38 heavy (non-hydrogen) atoms. The summed E-state index contributed by atoms with van der Waals surface area (Å²) in [5, 5.41) is 1.88. The zero-order valence-electron chi connectivity index (χ0n) is 20.1. The molecular weight excluding hydrogens is 508 g/mol. The average molecular weight is 530 g/mol. The standard InChI is InChI=1S/C26H22F4N4O4/c1-37-16-7-5-15(6-8-16)14-34-26(36)18(17-4-2-3-9-33(17)34)25(35)31-23-19(27)21(29)24(22(30)20(23)28)32-10-12-38-13-11-32/h2-9H,10-14H2,1H3,(H,31,35). The summed E-state index contributed by atoms with van der Waals surface area (Å²) in [5.41, 5.74) is -2.57. The third-order valence-electron chi connectivity index (χ3n) is 6.33. The summed E-state index contributed by atoms with van der Waals surface area (Å²) in [4.78, 5) is 27.6. The lowest BCUT2D eigenvalue weighted by Gasteiger charge is -2.29. The minimum absolute atomic E-state index is 0.0306. The van der Waals surface area contributed by atoms with Crippen LogP contribution in [0.25, 0.3) is 5.52 Å². The van der Waals surface area contributed by atoms with Gasteiger partial charge < -0.3 is 19.7 Å². The number of nitrogens with zero attached hydrogens (tertiary/aromatic N) is 3. The molecule has 0 atom stereocenters. The van der Waals surface area contributed by atoms with Crippen molar-refractivity contribution in [2.75, 3.05) is 43.6 Å². The molecule has 5 rings (SSSR count). The summed E-state index contributed by atoms with van der Waals surface area (Å²) in [7, 11) is 1.52. The van der Waals surface area contributed by atoms with E-state index in [1.54, 1.807) is 36.4 Å². The van der Waals surface area contributed by atoms with Crippen LogP contribution in [0.1, 0.15) is 15.9 Å². The monoisotopic (exact) mass is 530 g/mol. The molecule has 8 nitrogen and oxygen atoms in total. The third kappa shape index (κ3) is 4.36. The van der Waals surface area contributed by atoms with Crippen molar-refractivity contribution in [2.45, 2.75) is 6.54 Å². The molecule has 0 bridgehead atoms. The summed E-state index contributed by atoms with van der Waals surface area (Å²) in [6.07, 6.45) is 1.54. The van der Waals surface area contributed by atoms with E-state index in [0.717, 1.165) is 4.90 Å². The molecule has 0 aliphatic carbocycles. The van der Waals surface area contributed by atoms with Crippen molar-refractivity contribution in [1.82, 2.24) is 9.20 Å². The van der Waals surface area contributed by atoms with Crippen LogP contribution in [0.15, 0.2) is 53.5 Å². The number of nitrogens with one attached hydrogen (secondary N) is 1. The molecule has 2 aromatic heterocycles. The van der Waals surface area contributed by atoms with Crippen molar-refractivity contribution in [3.8, 4) is 5.75 Å². The number of morpholine rings is 1. The van der Waals surface area contributed by atoms with Crippen LogP contribution < -0.4 is 20.5 Å².